The van der Waals surface area contributed by atoms with Gasteiger partial charge >= 0.3 is 6.09 Å². The number of phenolic OH excluding ortho intramolecular Hbond substituents is 2. The van der Waals surface area contributed by atoms with Crippen LogP contribution in [0.2, 0.25) is 0 Å². The van der Waals surface area contributed by atoms with Gasteiger partial charge in [-0.3, -0.25) is 4.79 Å². The summed E-state index contributed by atoms with van der Waals surface area (Å²) < 4.78 is 11.5. The number of carbonyl (C=O) groups is 3. The zero-order chi connectivity index (χ0) is 37.6. The van der Waals surface area contributed by atoms with Gasteiger partial charge in [0.2, 0.25) is 0 Å². The number of nitrogens with two attached hydrogens (primary N) is 2. The van der Waals surface area contributed by atoms with Gasteiger partial charge in [-0.1, -0.05) is 51.7 Å². The van der Waals surface area contributed by atoms with Crippen molar-refractivity contribution in [3.05, 3.63) is 59.7 Å². The fraction of sp³-hybridized carbons (Fsp3) is 0.528. The van der Waals surface area contributed by atoms with E-state index in [4.69, 9.17) is 15.2 Å². The van der Waals surface area contributed by atoms with Crippen LogP contribution in [0.4, 0.5) is 16.2 Å². The maximum atomic E-state index is 13.0. The number of carboxylic acid groups (broad SMARTS) is 1. The van der Waals surface area contributed by atoms with Crippen molar-refractivity contribution in [2.75, 3.05) is 46.7 Å². The molecule has 1 aliphatic rings. The third kappa shape index (κ3) is 14.5. The van der Waals surface area contributed by atoms with Crippen LogP contribution >= 0.6 is 0 Å². The first-order valence-electron chi connectivity index (χ1n) is 16.3. The fourth-order valence-electron chi connectivity index (χ4n) is 5.51. The molecule has 0 fully saturated rings. The first-order valence-corrected chi connectivity index (χ1v) is 16.3. The number of aromatic hydroxyl groups is 2. The molecular formula is C36H57N4O9+. The van der Waals surface area contributed by atoms with Crippen LogP contribution in [0.3, 0.4) is 0 Å². The number of primary amides is 1. The van der Waals surface area contributed by atoms with E-state index in [0.29, 0.717) is 46.3 Å². The number of ether oxygens (including phenoxy) is 2. The van der Waals surface area contributed by atoms with Crippen LogP contribution in [0.5, 0.6) is 11.5 Å². The SMILES string of the molecule is C=CC[NH2+]c1c(O)cc2c(O)c1C[C@@H](C)C[C@H](OC)[C@H](O)[C@@H](C)/C=C(\C)[C@H](OC(N)=O)[C@@H](C)/C=C\C=C(/C)C(=O)N2.C[N+](C)(C)CC(=O)[O-]. The number of anilines is 1. The van der Waals surface area contributed by atoms with Gasteiger partial charge in [-0.2, -0.15) is 0 Å². The van der Waals surface area contributed by atoms with Crippen LogP contribution < -0.4 is 21.5 Å². The third-order valence-corrected chi connectivity index (χ3v) is 7.99. The predicted octanol–water partition coefficient (Wildman–Crippen LogP) is 2.00. The van der Waals surface area contributed by atoms with Crippen LogP contribution in [-0.2, 0) is 25.5 Å². The van der Waals surface area contributed by atoms with Crippen molar-refractivity contribution in [2.24, 2.45) is 23.5 Å². The lowest BCUT2D eigenvalue weighted by molar-refractivity contribution is -0.864. The third-order valence-electron chi connectivity index (χ3n) is 7.99. The number of nitrogens with zero attached hydrogens (tertiary/aromatic N) is 1. The van der Waals surface area contributed by atoms with Gasteiger partial charge in [-0.15, -0.1) is 0 Å². The number of likely N-dealkylation sites (N-methyl/N-ethyl adjacent to an activating group) is 1. The first kappa shape index (κ1) is 42.9. The highest BCUT2D eigenvalue weighted by Gasteiger charge is 2.30. The number of amides is 2. The summed E-state index contributed by atoms with van der Waals surface area (Å²) in [5.74, 6) is -2.45. The Kier molecular flexibility index (Phi) is 17.3. The molecule has 2 rings (SSSR count). The number of hydrogen-bond donors (Lipinski definition) is 6. The van der Waals surface area contributed by atoms with Gasteiger partial charge in [0, 0.05) is 30.6 Å². The number of benzene rings is 1. The number of nitrogens with one attached hydrogen (secondary N) is 1. The Bertz CT molecular complexity index is 1400. The lowest BCUT2D eigenvalue weighted by atomic mass is 9.87. The zero-order valence-electron chi connectivity index (χ0n) is 30.4. The lowest BCUT2D eigenvalue weighted by Crippen LogP contribution is -2.78. The van der Waals surface area contributed by atoms with Crippen molar-refractivity contribution in [2.45, 2.75) is 65.8 Å². The van der Waals surface area contributed by atoms with Gasteiger partial charge in [-0.05, 0) is 44.3 Å². The molecule has 1 aromatic carbocycles. The number of aliphatic hydroxyl groups is 1. The van der Waals surface area contributed by atoms with Gasteiger partial charge in [-0.25, -0.2) is 4.79 Å². The van der Waals surface area contributed by atoms with Gasteiger partial charge in [0.05, 0.1) is 57.1 Å². The van der Waals surface area contributed by atoms with E-state index in [9.17, 15) is 34.8 Å². The topological polar surface area (TPSA) is 208 Å². The number of rotatable bonds is 7. The molecule has 0 saturated carbocycles. The number of allylic oxidation sites excluding steroid dienone is 2. The van der Waals surface area contributed by atoms with Crippen molar-refractivity contribution < 1.29 is 54.1 Å². The highest BCUT2D eigenvalue weighted by molar-refractivity contribution is 6.04. The molecule has 13 heteroatoms. The second-order valence-electron chi connectivity index (χ2n) is 13.7. The minimum Gasteiger partial charge on any atom is -0.544 e. The Balaban J connectivity index is 0.00000133. The Morgan fingerprint density at radius 2 is 1.82 bits per heavy atom. The summed E-state index contributed by atoms with van der Waals surface area (Å²) in [5, 5.41) is 47.7. The van der Waals surface area contributed by atoms with E-state index in [1.54, 1.807) is 57.7 Å². The molecule has 2 amide bonds. The molecular weight excluding hydrogens is 632 g/mol. The van der Waals surface area contributed by atoms with E-state index in [0.717, 1.165) is 0 Å². The summed E-state index contributed by atoms with van der Waals surface area (Å²) in [4.78, 5) is 34.5. The van der Waals surface area contributed by atoms with Crippen molar-refractivity contribution in [3.8, 4) is 11.5 Å². The number of phenols is 2. The molecule has 49 heavy (non-hydrogen) atoms. The lowest BCUT2D eigenvalue weighted by Gasteiger charge is -2.29. The first-order chi connectivity index (χ1) is 22.7. The van der Waals surface area contributed by atoms with E-state index in [1.807, 2.05) is 33.8 Å². The molecule has 6 atom stereocenters. The second kappa shape index (κ2) is 19.7. The number of aliphatic hydroxyl groups excluding tert-OH is 1. The maximum absolute atomic E-state index is 13.0. The van der Waals surface area contributed by atoms with Gasteiger partial charge in [0.15, 0.2) is 11.4 Å². The van der Waals surface area contributed by atoms with Crippen molar-refractivity contribution in [1.29, 1.82) is 0 Å². The Morgan fingerprint density at radius 3 is 2.33 bits per heavy atom. The summed E-state index contributed by atoms with van der Waals surface area (Å²) in [7, 11) is 6.94. The monoisotopic (exact) mass is 689 g/mol. The molecule has 1 aromatic rings. The summed E-state index contributed by atoms with van der Waals surface area (Å²) in [5.41, 5.74) is 7.43. The minimum atomic E-state index is -1.00. The van der Waals surface area contributed by atoms with Gasteiger partial charge in [0.25, 0.3) is 5.91 Å². The molecule has 0 saturated heterocycles. The second-order valence-corrected chi connectivity index (χ2v) is 13.7. The quantitative estimate of drug-likeness (QED) is 0.0813. The van der Waals surface area contributed by atoms with Crippen LogP contribution in [0.15, 0.2) is 54.2 Å². The van der Waals surface area contributed by atoms with E-state index in [1.165, 1.54) is 13.2 Å². The molecule has 1 aliphatic heterocycles. The van der Waals surface area contributed by atoms with Crippen molar-refractivity contribution >= 4 is 29.3 Å². The smallest absolute Gasteiger partial charge is 0.405 e. The van der Waals surface area contributed by atoms with E-state index in [-0.39, 0.29) is 41.5 Å². The number of aliphatic carboxylic acids is 1. The fourth-order valence-corrected chi connectivity index (χ4v) is 5.51. The average molecular weight is 690 g/mol. The molecule has 13 nitrogen and oxygen atoms in total. The summed E-state index contributed by atoms with van der Waals surface area (Å²) >= 11 is 0. The normalized spacial score (nSPS) is 26.8. The Hall–Kier alpha value is -4.17. The average Bonchev–Trinajstić information content (AvgIpc) is 2.98. The van der Waals surface area contributed by atoms with Crippen molar-refractivity contribution in [3.63, 3.8) is 0 Å². The number of carboxylic acids is 1. The molecule has 274 valence electrons. The van der Waals surface area contributed by atoms with E-state index in [2.05, 4.69) is 11.9 Å². The zero-order valence-corrected chi connectivity index (χ0v) is 30.4. The molecule has 0 aliphatic carbocycles. The molecule has 0 unspecified atom stereocenters. The van der Waals surface area contributed by atoms with E-state index < -0.39 is 36.3 Å². The van der Waals surface area contributed by atoms with Crippen LogP contribution in [0.1, 0.15) is 46.6 Å². The minimum absolute atomic E-state index is 0.0694. The van der Waals surface area contributed by atoms with Crippen molar-refractivity contribution in [1.82, 2.24) is 0 Å². The standard InChI is InChI=1S/C31H45N3O7.C5H11NO2/c1-8-12-33-26-22-13-17(2)14-25(40-7)27(36)20(5)15-21(6)29(41-31(32)39)18(3)10-9-11-19(4)30(38)34-23(28(22)37)16-24(26)35;1-6(2,3)4-5(7)8/h8-11,15-18,20,25,27,29,33,35-37H,1,12-14H2,2-7H3,(H2,32,39)(H,34,38);4H2,1-3H3/p+1/b10-9-,19-11+,21-15+;/t17-,18+,20+,25+,27-,29-;/m1./s1. The number of quaternary nitrogens is 2. The highest BCUT2D eigenvalue weighted by atomic mass is 16.6. The summed E-state index contributed by atoms with van der Waals surface area (Å²) in [6.07, 6.45) is 6.32. The van der Waals surface area contributed by atoms with Crippen LogP contribution in [0, 0.1) is 17.8 Å². The van der Waals surface area contributed by atoms with Gasteiger partial charge < -0.3 is 55.5 Å². The maximum Gasteiger partial charge on any atom is 0.405 e. The number of methoxy groups -OCH3 is 1. The molecule has 0 spiro atoms. The number of carbonyl (C=O) groups excluding carboxylic acids is 3. The number of fused-ring (bicyclic) bond motifs is 2. The van der Waals surface area contributed by atoms with E-state index >= 15 is 0 Å². The number of hydrogen-bond acceptors (Lipinski definition) is 9. The molecule has 2 bridgehead atoms. The summed E-state index contributed by atoms with van der Waals surface area (Å²) in [6, 6.07) is 1.33. The van der Waals surface area contributed by atoms with Crippen LogP contribution in [-0.4, -0.2) is 97.4 Å². The molecule has 1 heterocycles. The predicted molar refractivity (Wildman–Crippen MR) is 187 cm³/mol. The van der Waals surface area contributed by atoms with Crippen LogP contribution in [0.25, 0.3) is 0 Å². The molecule has 8 N–H and O–H groups in total. The summed E-state index contributed by atoms with van der Waals surface area (Å²) in [6.45, 7) is 13.4. The van der Waals surface area contributed by atoms with Gasteiger partial charge in [0.1, 0.15) is 18.4 Å². The molecule has 0 radical (unpaired) electrons. The Labute approximate surface area is 290 Å². The molecule has 0 aromatic heterocycles. The Morgan fingerprint density at radius 1 is 1.18 bits per heavy atom. The highest BCUT2D eigenvalue weighted by Crippen LogP contribution is 2.40. The largest absolute Gasteiger partial charge is 0.544 e.